The number of rotatable bonds is 5. The van der Waals surface area contributed by atoms with Gasteiger partial charge in [-0.05, 0) is 37.0 Å². The van der Waals surface area contributed by atoms with Gasteiger partial charge < -0.3 is 0 Å². The van der Waals surface area contributed by atoms with Crippen LogP contribution in [-0.4, -0.2) is 21.3 Å². The Bertz CT molecular complexity index is 778. The van der Waals surface area contributed by atoms with Crippen molar-refractivity contribution in [2.75, 3.05) is 0 Å². The molecule has 3 aromatic rings. The molecular formula is C18H17N3O. The molecule has 1 aromatic heterocycles. The van der Waals surface area contributed by atoms with E-state index >= 15 is 0 Å². The number of carbonyl (C=O) groups excluding carboxylic acids is 1. The molecule has 0 aliphatic heterocycles. The quantitative estimate of drug-likeness (QED) is 0.678. The first kappa shape index (κ1) is 14.2. The van der Waals surface area contributed by atoms with Gasteiger partial charge in [-0.2, -0.15) is 0 Å². The molecule has 22 heavy (non-hydrogen) atoms. The summed E-state index contributed by atoms with van der Waals surface area (Å²) in [5.74, 6) is 0. The number of aldehydes is 1. The Morgan fingerprint density at radius 1 is 1.00 bits per heavy atom. The van der Waals surface area contributed by atoms with Gasteiger partial charge in [-0.1, -0.05) is 53.7 Å². The van der Waals surface area contributed by atoms with Gasteiger partial charge in [-0.25, -0.2) is 4.68 Å². The van der Waals surface area contributed by atoms with E-state index < -0.39 is 0 Å². The van der Waals surface area contributed by atoms with Crippen LogP contribution in [0.1, 0.15) is 27.3 Å². The second-order valence-electron chi connectivity index (χ2n) is 5.22. The first-order valence-corrected chi connectivity index (χ1v) is 7.29. The fraction of sp³-hybridized carbons (Fsp3) is 0.167. The average molecular weight is 291 g/mol. The first-order valence-electron chi connectivity index (χ1n) is 7.29. The van der Waals surface area contributed by atoms with Crippen molar-refractivity contribution in [3.05, 3.63) is 77.1 Å². The highest BCUT2D eigenvalue weighted by atomic mass is 16.1. The molecule has 0 radical (unpaired) electrons. The van der Waals surface area contributed by atoms with Crippen molar-refractivity contribution in [2.45, 2.75) is 19.8 Å². The molecule has 0 amide bonds. The van der Waals surface area contributed by atoms with Crippen LogP contribution in [0.4, 0.5) is 0 Å². The average Bonchev–Trinajstić information content (AvgIpc) is 2.97. The van der Waals surface area contributed by atoms with E-state index in [0.717, 1.165) is 36.1 Å². The largest absolute Gasteiger partial charge is 0.296 e. The number of aromatic nitrogens is 3. The standard InChI is InChI=1S/C18H17N3O/c1-14-7-5-6-10-17(14)21-18(16(13-22)19-20-21)12-11-15-8-3-2-4-9-15/h2-10,13H,11-12H2,1H3. The number of benzene rings is 2. The van der Waals surface area contributed by atoms with Gasteiger partial charge >= 0.3 is 0 Å². The summed E-state index contributed by atoms with van der Waals surface area (Å²) in [6.45, 7) is 2.03. The maximum Gasteiger partial charge on any atom is 0.172 e. The SMILES string of the molecule is Cc1ccccc1-n1nnc(C=O)c1CCc1ccccc1. The third-order valence-electron chi connectivity index (χ3n) is 3.74. The molecule has 0 saturated heterocycles. The molecule has 0 N–H and O–H groups in total. The zero-order chi connectivity index (χ0) is 15.4. The second kappa shape index (κ2) is 6.35. The minimum atomic E-state index is 0.416. The number of para-hydroxylation sites is 1. The van der Waals surface area contributed by atoms with E-state index in [0.29, 0.717) is 5.69 Å². The Balaban J connectivity index is 1.94. The lowest BCUT2D eigenvalue weighted by atomic mass is 10.1. The Kier molecular flexibility index (Phi) is 4.10. The monoisotopic (exact) mass is 291 g/mol. The number of aryl methyl sites for hydroxylation is 2. The van der Waals surface area contributed by atoms with Gasteiger partial charge in [0.15, 0.2) is 6.29 Å². The van der Waals surface area contributed by atoms with Crippen molar-refractivity contribution >= 4 is 6.29 Å². The van der Waals surface area contributed by atoms with Crippen molar-refractivity contribution in [3.8, 4) is 5.69 Å². The van der Waals surface area contributed by atoms with Crippen LogP contribution < -0.4 is 0 Å². The minimum absolute atomic E-state index is 0.416. The highest BCUT2D eigenvalue weighted by Gasteiger charge is 2.14. The van der Waals surface area contributed by atoms with Crippen LogP contribution in [0, 0.1) is 6.92 Å². The number of nitrogens with zero attached hydrogens (tertiary/aromatic N) is 3. The lowest BCUT2D eigenvalue weighted by Crippen LogP contribution is -2.06. The molecule has 0 unspecified atom stereocenters. The number of hydrogen-bond acceptors (Lipinski definition) is 3. The molecule has 0 aliphatic rings. The van der Waals surface area contributed by atoms with Crippen molar-refractivity contribution in [1.82, 2.24) is 15.0 Å². The van der Waals surface area contributed by atoms with E-state index in [-0.39, 0.29) is 0 Å². The normalized spacial score (nSPS) is 10.6. The zero-order valence-corrected chi connectivity index (χ0v) is 12.4. The van der Waals surface area contributed by atoms with E-state index in [4.69, 9.17) is 0 Å². The van der Waals surface area contributed by atoms with E-state index in [1.807, 2.05) is 49.4 Å². The third-order valence-corrected chi connectivity index (χ3v) is 3.74. The molecule has 4 heteroatoms. The molecule has 4 nitrogen and oxygen atoms in total. The molecule has 3 rings (SSSR count). The van der Waals surface area contributed by atoms with Crippen LogP contribution in [0.25, 0.3) is 5.69 Å². The molecule has 0 spiro atoms. The highest BCUT2D eigenvalue weighted by molar-refractivity contribution is 5.73. The zero-order valence-electron chi connectivity index (χ0n) is 12.4. The predicted octanol–water partition coefficient (Wildman–Crippen LogP) is 3.17. The maximum atomic E-state index is 11.3. The summed E-state index contributed by atoms with van der Waals surface area (Å²) in [5, 5.41) is 8.18. The van der Waals surface area contributed by atoms with Crippen LogP contribution in [0.5, 0.6) is 0 Å². The van der Waals surface area contributed by atoms with Crippen LogP contribution in [-0.2, 0) is 12.8 Å². The Labute approximate surface area is 129 Å². The smallest absolute Gasteiger partial charge is 0.172 e. The van der Waals surface area contributed by atoms with Gasteiger partial charge in [0.1, 0.15) is 5.69 Å². The summed E-state index contributed by atoms with van der Waals surface area (Å²) in [7, 11) is 0. The first-order chi connectivity index (χ1) is 10.8. The lowest BCUT2D eigenvalue weighted by molar-refractivity contribution is 0.111. The van der Waals surface area contributed by atoms with E-state index in [2.05, 4.69) is 22.4 Å². The van der Waals surface area contributed by atoms with Gasteiger partial charge in [0, 0.05) is 0 Å². The van der Waals surface area contributed by atoms with Crippen LogP contribution >= 0.6 is 0 Å². The van der Waals surface area contributed by atoms with Crippen molar-refractivity contribution in [3.63, 3.8) is 0 Å². The van der Waals surface area contributed by atoms with Gasteiger partial charge in [0.2, 0.25) is 0 Å². The van der Waals surface area contributed by atoms with E-state index in [1.165, 1.54) is 5.56 Å². The van der Waals surface area contributed by atoms with Gasteiger partial charge in [0.25, 0.3) is 0 Å². The fourth-order valence-electron chi connectivity index (χ4n) is 2.54. The minimum Gasteiger partial charge on any atom is -0.296 e. The Hall–Kier alpha value is -2.75. The van der Waals surface area contributed by atoms with Crippen molar-refractivity contribution in [1.29, 1.82) is 0 Å². The summed E-state index contributed by atoms with van der Waals surface area (Å²) < 4.78 is 1.78. The lowest BCUT2D eigenvalue weighted by Gasteiger charge is -2.09. The molecule has 0 bridgehead atoms. The van der Waals surface area contributed by atoms with Crippen LogP contribution in [0.15, 0.2) is 54.6 Å². The number of carbonyl (C=O) groups is 1. The Morgan fingerprint density at radius 3 is 2.45 bits per heavy atom. The van der Waals surface area contributed by atoms with Gasteiger partial charge in [-0.3, -0.25) is 4.79 Å². The van der Waals surface area contributed by atoms with E-state index in [1.54, 1.807) is 4.68 Å². The summed E-state index contributed by atoms with van der Waals surface area (Å²) in [6.07, 6.45) is 2.35. The molecular weight excluding hydrogens is 274 g/mol. The summed E-state index contributed by atoms with van der Waals surface area (Å²) in [5.41, 5.74) is 4.57. The third kappa shape index (κ3) is 2.81. The molecule has 0 saturated carbocycles. The molecule has 0 fully saturated rings. The molecule has 2 aromatic carbocycles. The summed E-state index contributed by atoms with van der Waals surface area (Å²) in [4.78, 5) is 11.3. The fourth-order valence-corrected chi connectivity index (χ4v) is 2.54. The van der Waals surface area contributed by atoms with Gasteiger partial charge in [0.05, 0.1) is 11.4 Å². The molecule has 0 atom stereocenters. The molecule has 0 aliphatic carbocycles. The Morgan fingerprint density at radius 2 is 1.73 bits per heavy atom. The summed E-state index contributed by atoms with van der Waals surface area (Å²) in [6, 6.07) is 18.2. The summed E-state index contributed by atoms with van der Waals surface area (Å²) >= 11 is 0. The molecule has 110 valence electrons. The number of hydrogen-bond donors (Lipinski definition) is 0. The van der Waals surface area contributed by atoms with Crippen LogP contribution in [0.2, 0.25) is 0 Å². The van der Waals surface area contributed by atoms with Crippen LogP contribution in [0.3, 0.4) is 0 Å². The van der Waals surface area contributed by atoms with Crippen molar-refractivity contribution < 1.29 is 4.79 Å². The predicted molar refractivity (Wildman–Crippen MR) is 85.3 cm³/mol. The van der Waals surface area contributed by atoms with Crippen molar-refractivity contribution in [2.24, 2.45) is 0 Å². The molecule has 1 heterocycles. The van der Waals surface area contributed by atoms with Gasteiger partial charge in [-0.15, -0.1) is 5.10 Å². The highest BCUT2D eigenvalue weighted by Crippen LogP contribution is 2.17. The second-order valence-corrected chi connectivity index (χ2v) is 5.22. The topological polar surface area (TPSA) is 47.8 Å². The maximum absolute atomic E-state index is 11.3. The van der Waals surface area contributed by atoms with E-state index in [9.17, 15) is 4.79 Å².